The molecule has 8 nitrogen and oxygen atoms in total. The summed E-state index contributed by atoms with van der Waals surface area (Å²) in [6.45, 7) is 5.68. The molecule has 2 heterocycles. The van der Waals surface area contributed by atoms with Gasteiger partial charge in [0, 0.05) is 30.7 Å². The molecule has 0 radical (unpaired) electrons. The monoisotopic (exact) mass is 488 g/mol. The quantitative estimate of drug-likeness (QED) is 0.498. The van der Waals surface area contributed by atoms with Crippen LogP contribution in [0.5, 0.6) is 0 Å². The fourth-order valence-corrected chi connectivity index (χ4v) is 5.94. The molecule has 1 aromatic heterocycles. The molecule has 1 amide bonds. The Kier molecular flexibility index (Phi) is 7.71. The summed E-state index contributed by atoms with van der Waals surface area (Å²) in [6, 6.07) is 12.7. The fraction of sp³-hybridized carbons (Fsp3) is 0.391. The van der Waals surface area contributed by atoms with Gasteiger partial charge in [-0.1, -0.05) is 30.3 Å². The van der Waals surface area contributed by atoms with Gasteiger partial charge in [-0.2, -0.15) is 4.31 Å². The first-order valence-electron chi connectivity index (χ1n) is 10.9. The van der Waals surface area contributed by atoms with Crippen molar-refractivity contribution in [3.05, 3.63) is 53.5 Å². The Morgan fingerprint density at radius 1 is 1.18 bits per heavy atom. The average Bonchev–Trinajstić information content (AvgIpc) is 3.23. The normalized spacial score (nSPS) is 15.2. The number of hydrogen-bond acceptors (Lipinski definition) is 7. The van der Waals surface area contributed by atoms with Crippen LogP contribution in [0.3, 0.4) is 0 Å². The third kappa shape index (κ3) is 6.15. The maximum atomic E-state index is 13.5. The SMILES string of the molecule is Cc1cnc(NC(=O)CN(CCCN2CCOCC2)S(=O)(=O)c2ccc3ccccc3c2)s1. The van der Waals surface area contributed by atoms with E-state index < -0.39 is 15.9 Å². The summed E-state index contributed by atoms with van der Waals surface area (Å²) in [5.41, 5.74) is 0. The summed E-state index contributed by atoms with van der Waals surface area (Å²) < 4.78 is 33.7. The molecule has 1 N–H and O–H groups in total. The Balaban J connectivity index is 1.51. The lowest BCUT2D eigenvalue weighted by atomic mass is 10.1. The van der Waals surface area contributed by atoms with Crippen LogP contribution in [-0.4, -0.2) is 74.5 Å². The van der Waals surface area contributed by atoms with E-state index in [4.69, 9.17) is 4.74 Å². The second-order valence-electron chi connectivity index (χ2n) is 7.98. The molecule has 1 fully saturated rings. The standard InChI is InChI=1S/C23H28N4O4S2/c1-18-16-24-23(32-18)25-22(28)17-27(10-4-9-26-11-13-31-14-12-26)33(29,30)21-8-7-19-5-2-3-6-20(19)15-21/h2-3,5-8,15-16H,4,9-14,17H2,1H3,(H,24,25,28). The Labute approximate surface area is 198 Å². The molecule has 4 rings (SSSR count). The fourth-order valence-electron chi connectivity index (χ4n) is 3.79. The summed E-state index contributed by atoms with van der Waals surface area (Å²) in [5, 5.41) is 5.00. The van der Waals surface area contributed by atoms with Gasteiger partial charge in [0.2, 0.25) is 15.9 Å². The van der Waals surface area contributed by atoms with Crippen molar-refractivity contribution in [1.29, 1.82) is 0 Å². The van der Waals surface area contributed by atoms with E-state index in [2.05, 4.69) is 15.2 Å². The average molecular weight is 489 g/mol. The molecular formula is C23H28N4O4S2. The van der Waals surface area contributed by atoms with E-state index in [1.54, 1.807) is 24.4 Å². The highest BCUT2D eigenvalue weighted by Gasteiger charge is 2.27. The Morgan fingerprint density at radius 2 is 1.94 bits per heavy atom. The summed E-state index contributed by atoms with van der Waals surface area (Å²) in [5.74, 6) is -0.403. The van der Waals surface area contributed by atoms with Gasteiger partial charge in [-0.3, -0.25) is 9.69 Å². The van der Waals surface area contributed by atoms with Crippen LogP contribution in [0.2, 0.25) is 0 Å². The van der Waals surface area contributed by atoms with Gasteiger partial charge >= 0.3 is 0 Å². The smallest absolute Gasteiger partial charge is 0.243 e. The highest BCUT2D eigenvalue weighted by atomic mass is 32.2. The number of amides is 1. The van der Waals surface area contributed by atoms with Crippen LogP contribution in [0.25, 0.3) is 10.8 Å². The maximum Gasteiger partial charge on any atom is 0.243 e. The molecule has 0 atom stereocenters. The van der Waals surface area contributed by atoms with E-state index in [0.29, 0.717) is 24.8 Å². The van der Waals surface area contributed by atoms with Crippen molar-refractivity contribution in [3.8, 4) is 0 Å². The molecular weight excluding hydrogens is 460 g/mol. The second kappa shape index (κ2) is 10.7. The van der Waals surface area contributed by atoms with Crippen LogP contribution >= 0.6 is 11.3 Å². The number of sulfonamides is 1. The van der Waals surface area contributed by atoms with E-state index in [1.807, 2.05) is 31.2 Å². The molecule has 0 aliphatic carbocycles. The number of carbonyl (C=O) groups is 1. The lowest BCUT2D eigenvalue weighted by Crippen LogP contribution is -2.41. The lowest BCUT2D eigenvalue weighted by Gasteiger charge is -2.28. The zero-order valence-electron chi connectivity index (χ0n) is 18.6. The van der Waals surface area contributed by atoms with Gasteiger partial charge in [-0.25, -0.2) is 13.4 Å². The van der Waals surface area contributed by atoms with Crippen molar-refractivity contribution >= 4 is 43.2 Å². The summed E-state index contributed by atoms with van der Waals surface area (Å²) in [7, 11) is -3.87. The molecule has 1 saturated heterocycles. The molecule has 1 aliphatic rings. The number of thiazole rings is 1. The van der Waals surface area contributed by atoms with Crippen molar-refractivity contribution in [2.24, 2.45) is 0 Å². The number of aryl methyl sites for hydroxylation is 1. The van der Waals surface area contributed by atoms with Gasteiger partial charge in [-0.05, 0) is 42.8 Å². The van der Waals surface area contributed by atoms with Crippen LogP contribution in [0.15, 0.2) is 53.6 Å². The van der Waals surface area contributed by atoms with E-state index >= 15 is 0 Å². The van der Waals surface area contributed by atoms with E-state index in [-0.39, 0.29) is 18.0 Å². The van der Waals surface area contributed by atoms with Crippen LogP contribution in [0, 0.1) is 6.92 Å². The minimum absolute atomic E-state index is 0.186. The molecule has 0 unspecified atom stereocenters. The lowest BCUT2D eigenvalue weighted by molar-refractivity contribution is -0.116. The van der Waals surface area contributed by atoms with Crippen molar-refractivity contribution in [2.45, 2.75) is 18.2 Å². The molecule has 0 bridgehead atoms. The van der Waals surface area contributed by atoms with Gasteiger partial charge < -0.3 is 10.1 Å². The zero-order chi connectivity index (χ0) is 23.3. The van der Waals surface area contributed by atoms with Crippen LogP contribution in [-0.2, 0) is 19.6 Å². The van der Waals surface area contributed by atoms with E-state index in [0.717, 1.165) is 35.3 Å². The van der Waals surface area contributed by atoms with Crippen LogP contribution in [0.4, 0.5) is 5.13 Å². The van der Waals surface area contributed by atoms with Crippen LogP contribution < -0.4 is 5.32 Å². The number of carbonyl (C=O) groups excluding carboxylic acids is 1. The number of hydrogen-bond donors (Lipinski definition) is 1. The van der Waals surface area contributed by atoms with Crippen LogP contribution in [0.1, 0.15) is 11.3 Å². The first-order chi connectivity index (χ1) is 15.9. The number of anilines is 1. The van der Waals surface area contributed by atoms with Gasteiger partial charge in [-0.15, -0.1) is 11.3 Å². The summed E-state index contributed by atoms with van der Waals surface area (Å²) in [4.78, 5) is 20.3. The number of ether oxygens (including phenoxy) is 1. The van der Waals surface area contributed by atoms with Gasteiger partial charge in [0.05, 0.1) is 24.7 Å². The first kappa shape index (κ1) is 23.8. The van der Waals surface area contributed by atoms with Gasteiger partial charge in [0.15, 0.2) is 5.13 Å². The second-order valence-corrected chi connectivity index (χ2v) is 11.2. The Bertz CT molecular complexity index is 1210. The number of nitrogens with one attached hydrogen (secondary N) is 1. The molecule has 33 heavy (non-hydrogen) atoms. The largest absolute Gasteiger partial charge is 0.379 e. The third-order valence-electron chi connectivity index (χ3n) is 5.53. The molecule has 0 spiro atoms. The molecule has 0 saturated carbocycles. The molecule has 1 aliphatic heterocycles. The number of rotatable bonds is 9. The van der Waals surface area contributed by atoms with E-state index in [9.17, 15) is 13.2 Å². The minimum atomic E-state index is -3.87. The highest BCUT2D eigenvalue weighted by Crippen LogP contribution is 2.23. The zero-order valence-corrected chi connectivity index (χ0v) is 20.2. The molecule has 10 heteroatoms. The number of nitrogens with zero attached hydrogens (tertiary/aromatic N) is 3. The van der Waals surface area contributed by atoms with Gasteiger partial charge in [0.1, 0.15) is 0 Å². The highest BCUT2D eigenvalue weighted by molar-refractivity contribution is 7.89. The Hall–Kier alpha value is -2.37. The summed E-state index contributed by atoms with van der Waals surface area (Å²) >= 11 is 1.36. The van der Waals surface area contributed by atoms with Crippen molar-refractivity contribution < 1.29 is 17.9 Å². The number of fused-ring (bicyclic) bond motifs is 1. The topological polar surface area (TPSA) is 91.8 Å². The van der Waals surface area contributed by atoms with Crippen molar-refractivity contribution in [3.63, 3.8) is 0 Å². The molecule has 2 aromatic carbocycles. The maximum absolute atomic E-state index is 13.5. The number of aromatic nitrogens is 1. The Morgan fingerprint density at radius 3 is 2.67 bits per heavy atom. The number of morpholine rings is 1. The first-order valence-corrected chi connectivity index (χ1v) is 13.2. The predicted molar refractivity (Wildman–Crippen MR) is 130 cm³/mol. The predicted octanol–water partition coefficient (Wildman–Crippen LogP) is 2.96. The van der Waals surface area contributed by atoms with Crippen molar-refractivity contribution in [2.75, 3.05) is 51.3 Å². The third-order valence-corrected chi connectivity index (χ3v) is 8.20. The van der Waals surface area contributed by atoms with E-state index in [1.165, 1.54) is 15.6 Å². The molecule has 176 valence electrons. The molecule has 3 aromatic rings. The number of benzene rings is 2. The van der Waals surface area contributed by atoms with Crippen molar-refractivity contribution in [1.82, 2.24) is 14.2 Å². The minimum Gasteiger partial charge on any atom is -0.379 e. The summed E-state index contributed by atoms with van der Waals surface area (Å²) in [6.07, 6.45) is 2.29. The van der Waals surface area contributed by atoms with Gasteiger partial charge in [0.25, 0.3) is 0 Å².